The lowest BCUT2D eigenvalue weighted by Crippen LogP contribution is -2.53. The van der Waals surface area contributed by atoms with Gasteiger partial charge in [-0.15, -0.1) is 11.3 Å². The number of sulfonamides is 1. The second-order valence-corrected chi connectivity index (χ2v) is 8.53. The molecule has 1 amide bonds. The molecule has 0 fully saturated rings. The summed E-state index contributed by atoms with van der Waals surface area (Å²) in [6.45, 7) is 1.74. The Bertz CT molecular complexity index is 876. The number of methoxy groups -OCH3 is 1. The number of amides is 1. The zero-order valence-corrected chi connectivity index (χ0v) is 15.3. The third kappa shape index (κ3) is 3.04. The van der Waals surface area contributed by atoms with Gasteiger partial charge in [0.25, 0.3) is 5.91 Å². The largest absolute Gasteiger partial charge is 0.497 e. The Balaban J connectivity index is 2.08. The van der Waals surface area contributed by atoms with E-state index in [-0.39, 0.29) is 11.3 Å². The average molecular weight is 382 g/mol. The van der Waals surface area contributed by atoms with Gasteiger partial charge in [-0.1, -0.05) is 0 Å². The van der Waals surface area contributed by atoms with Crippen LogP contribution in [0.2, 0.25) is 0 Å². The molecule has 1 aromatic carbocycles. The fourth-order valence-electron chi connectivity index (χ4n) is 3.09. The number of rotatable bonds is 4. The Kier molecular flexibility index (Phi) is 4.83. The van der Waals surface area contributed by atoms with E-state index in [1.807, 2.05) is 11.4 Å². The van der Waals surface area contributed by atoms with Crippen LogP contribution in [0.3, 0.4) is 0 Å². The highest BCUT2D eigenvalue weighted by atomic mass is 32.2. The molecule has 0 aliphatic carbocycles. The lowest BCUT2D eigenvalue weighted by molar-refractivity contribution is -0.134. The van der Waals surface area contributed by atoms with Crippen LogP contribution in [0.1, 0.15) is 23.4 Å². The van der Waals surface area contributed by atoms with Crippen LogP contribution in [0.5, 0.6) is 5.75 Å². The Labute approximate surface area is 149 Å². The van der Waals surface area contributed by atoms with Gasteiger partial charge in [0.2, 0.25) is 10.0 Å². The molecule has 1 aliphatic heterocycles. The van der Waals surface area contributed by atoms with Crippen molar-refractivity contribution < 1.29 is 23.2 Å². The fraction of sp³-hybridized carbons (Fsp3) is 0.312. The summed E-state index contributed by atoms with van der Waals surface area (Å²) in [5, 5.41) is 10.9. The van der Waals surface area contributed by atoms with Crippen molar-refractivity contribution in [2.75, 3.05) is 7.11 Å². The predicted molar refractivity (Wildman–Crippen MR) is 92.2 cm³/mol. The number of nitrogens with zero attached hydrogens (tertiary/aromatic N) is 1. The van der Waals surface area contributed by atoms with E-state index >= 15 is 0 Å². The third-order valence-electron chi connectivity index (χ3n) is 4.35. The first-order valence-electron chi connectivity index (χ1n) is 7.58. The highest BCUT2D eigenvalue weighted by Crippen LogP contribution is 2.39. The van der Waals surface area contributed by atoms with Gasteiger partial charge in [0.15, 0.2) is 0 Å². The summed E-state index contributed by atoms with van der Waals surface area (Å²) < 4.78 is 32.6. The predicted octanol–water partition coefficient (Wildman–Crippen LogP) is 1.94. The van der Waals surface area contributed by atoms with Crippen molar-refractivity contribution in [2.45, 2.75) is 30.3 Å². The molecule has 0 bridgehead atoms. The molecule has 0 unspecified atom stereocenters. The Morgan fingerprint density at radius 2 is 2.00 bits per heavy atom. The Morgan fingerprint density at radius 3 is 2.60 bits per heavy atom. The summed E-state index contributed by atoms with van der Waals surface area (Å²) in [6, 6.07) is 6.32. The van der Waals surface area contributed by atoms with Gasteiger partial charge in [-0.25, -0.2) is 13.9 Å². The summed E-state index contributed by atoms with van der Waals surface area (Å²) >= 11 is 1.47. The van der Waals surface area contributed by atoms with Crippen LogP contribution in [0.15, 0.2) is 40.6 Å². The van der Waals surface area contributed by atoms with Gasteiger partial charge in [0.1, 0.15) is 11.8 Å². The maximum absolute atomic E-state index is 13.2. The number of nitrogens with one attached hydrogen (secondary N) is 1. The summed E-state index contributed by atoms with van der Waals surface area (Å²) in [5.74, 6) is -0.210. The van der Waals surface area contributed by atoms with Crippen molar-refractivity contribution in [3.8, 4) is 5.75 Å². The lowest BCUT2D eigenvalue weighted by atomic mass is 9.98. The van der Waals surface area contributed by atoms with Crippen LogP contribution in [-0.2, 0) is 21.2 Å². The van der Waals surface area contributed by atoms with E-state index in [1.165, 1.54) is 30.6 Å². The molecule has 1 aliphatic rings. The standard InChI is InChI=1S/C16H18N2O5S2/c1-10-13-7-8-24-15(13)9-14(16(19)17-20)18(10)25(21,22)12-5-3-11(23-2)4-6-12/h3-8,10,14,20H,9H2,1-2H3,(H,17,19)/t10-,14+/m0/s1. The maximum atomic E-state index is 13.2. The molecule has 0 saturated carbocycles. The molecule has 2 N–H and O–H groups in total. The fourth-order valence-corrected chi connectivity index (χ4v) is 5.86. The number of thiophene rings is 1. The molecule has 2 heterocycles. The van der Waals surface area contributed by atoms with Crippen molar-refractivity contribution in [3.05, 3.63) is 46.2 Å². The SMILES string of the molecule is COc1ccc(S(=O)(=O)N2[C@@H](C(=O)NO)Cc3sccc3[C@@H]2C)cc1. The Hall–Kier alpha value is -1.94. The van der Waals surface area contributed by atoms with Gasteiger partial charge in [-0.2, -0.15) is 4.31 Å². The maximum Gasteiger partial charge on any atom is 0.262 e. The van der Waals surface area contributed by atoms with E-state index in [4.69, 9.17) is 9.94 Å². The second-order valence-electron chi connectivity index (χ2n) is 5.68. The van der Waals surface area contributed by atoms with Crippen molar-refractivity contribution in [1.29, 1.82) is 0 Å². The van der Waals surface area contributed by atoms with E-state index in [0.717, 1.165) is 14.7 Å². The van der Waals surface area contributed by atoms with Crippen molar-refractivity contribution in [3.63, 3.8) is 0 Å². The molecule has 2 atom stereocenters. The van der Waals surface area contributed by atoms with Crippen molar-refractivity contribution >= 4 is 27.3 Å². The number of ether oxygens (including phenoxy) is 1. The molecule has 1 aromatic heterocycles. The van der Waals surface area contributed by atoms with Crippen LogP contribution in [0.25, 0.3) is 0 Å². The first kappa shape index (κ1) is 17.9. The van der Waals surface area contributed by atoms with Crippen LogP contribution in [0.4, 0.5) is 0 Å². The van der Waals surface area contributed by atoms with Gasteiger partial charge in [-0.3, -0.25) is 10.0 Å². The normalized spacial score (nSPS) is 20.8. The molecule has 7 nitrogen and oxygen atoms in total. The molecule has 3 rings (SSSR count). The smallest absolute Gasteiger partial charge is 0.262 e. The molecule has 2 aromatic rings. The second kappa shape index (κ2) is 6.75. The minimum Gasteiger partial charge on any atom is -0.497 e. The number of hydrogen-bond donors (Lipinski definition) is 2. The minimum absolute atomic E-state index is 0.0644. The number of hydroxylamine groups is 1. The minimum atomic E-state index is -3.95. The third-order valence-corrected chi connectivity index (χ3v) is 7.30. The molecule has 9 heteroatoms. The topological polar surface area (TPSA) is 95.9 Å². The summed E-state index contributed by atoms with van der Waals surface area (Å²) in [6.07, 6.45) is 0.221. The number of benzene rings is 1. The van der Waals surface area contributed by atoms with E-state index in [0.29, 0.717) is 5.75 Å². The van der Waals surface area contributed by atoms with Gasteiger partial charge in [-0.05, 0) is 48.2 Å². The monoisotopic (exact) mass is 382 g/mol. The molecular formula is C16H18N2O5S2. The molecular weight excluding hydrogens is 364 g/mol. The zero-order valence-electron chi connectivity index (χ0n) is 13.7. The summed E-state index contributed by atoms with van der Waals surface area (Å²) in [7, 11) is -2.45. The van der Waals surface area contributed by atoms with Crippen LogP contribution < -0.4 is 10.2 Å². The van der Waals surface area contributed by atoms with Gasteiger partial charge in [0.05, 0.1) is 12.0 Å². The first-order chi connectivity index (χ1) is 11.9. The number of fused-ring (bicyclic) bond motifs is 1. The molecule has 0 radical (unpaired) electrons. The van der Waals surface area contributed by atoms with Gasteiger partial charge >= 0.3 is 0 Å². The van der Waals surface area contributed by atoms with Crippen LogP contribution in [-0.4, -0.2) is 37.0 Å². The number of carbonyl (C=O) groups is 1. The highest BCUT2D eigenvalue weighted by Gasteiger charge is 2.44. The van der Waals surface area contributed by atoms with Crippen LogP contribution >= 0.6 is 11.3 Å². The molecule has 0 saturated heterocycles. The lowest BCUT2D eigenvalue weighted by Gasteiger charge is -2.38. The summed E-state index contributed by atoms with van der Waals surface area (Å²) in [5.41, 5.74) is 2.47. The van der Waals surface area contributed by atoms with E-state index in [1.54, 1.807) is 24.5 Å². The summed E-state index contributed by atoms with van der Waals surface area (Å²) in [4.78, 5) is 13.2. The quantitative estimate of drug-likeness (QED) is 0.622. The Morgan fingerprint density at radius 1 is 1.32 bits per heavy atom. The van der Waals surface area contributed by atoms with Crippen molar-refractivity contribution in [1.82, 2.24) is 9.79 Å². The van der Waals surface area contributed by atoms with Crippen LogP contribution in [0, 0.1) is 0 Å². The van der Waals surface area contributed by atoms with E-state index in [2.05, 4.69) is 0 Å². The zero-order chi connectivity index (χ0) is 18.2. The van der Waals surface area contributed by atoms with Gasteiger partial charge < -0.3 is 4.74 Å². The number of carbonyl (C=O) groups excluding carboxylic acids is 1. The van der Waals surface area contributed by atoms with Crippen molar-refractivity contribution in [2.24, 2.45) is 0 Å². The molecule has 25 heavy (non-hydrogen) atoms. The molecule has 0 spiro atoms. The molecule has 134 valence electrons. The van der Waals surface area contributed by atoms with E-state index < -0.39 is 28.0 Å². The van der Waals surface area contributed by atoms with Gasteiger partial charge in [0, 0.05) is 17.3 Å². The van der Waals surface area contributed by atoms with E-state index in [9.17, 15) is 13.2 Å². The highest BCUT2D eigenvalue weighted by molar-refractivity contribution is 7.89. The number of hydrogen-bond acceptors (Lipinski definition) is 6. The average Bonchev–Trinajstić information content (AvgIpc) is 3.09. The first-order valence-corrected chi connectivity index (χ1v) is 9.90.